The lowest BCUT2D eigenvalue weighted by atomic mass is 9.97. The van der Waals surface area contributed by atoms with Crippen molar-refractivity contribution >= 4 is 29.3 Å². The Morgan fingerprint density at radius 1 is 1.33 bits per heavy atom. The Morgan fingerprint density at radius 3 is 2.81 bits per heavy atom. The molecule has 21 heavy (non-hydrogen) atoms. The smallest absolute Gasteiger partial charge is 0.346 e. The standard InChI is InChI=1S/C14H12N2O5/c17-8-16-21-14(20)11(13(18)19)7-10-4-1-3-9-5-2-6-15-12(9)10/h1-6,8,11H,7H2,(H,16,17)(H,18,19). The molecule has 1 heterocycles. The fraction of sp³-hybridized carbons (Fsp3) is 0.143. The molecule has 0 aliphatic rings. The van der Waals surface area contributed by atoms with Gasteiger partial charge < -0.3 is 9.94 Å². The van der Waals surface area contributed by atoms with Crippen LogP contribution in [0.4, 0.5) is 0 Å². The zero-order valence-electron chi connectivity index (χ0n) is 10.9. The van der Waals surface area contributed by atoms with Crippen LogP contribution in [0.15, 0.2) is 36.5 Å². The zero-order chi connectivity index (χ0) is 15.2. The summed E-state index contributed by atoms with van der Waals surface area (Å²) in [5, 5.41) is 9.98. The first-order valence-electron chi connectivity index (χ1n) is 6.08. The number of hydrogen-bond acceptors (Lipinski definition) is 5. The predicted octanol–water partition coefficient (Wildman–Crippen LogP) is 0.682. The topological polar surface area (TPSA) is 106 Å². The van der Waals surface area contributed by atoms with E-state index in [1.165, 1.54) is 0 Å². The number of amides is 1. The Balaban J connectivity index is 2.29. The van der Waals surface area contributed by atoms with Gasteiger partial charge in [-0.25, -0.2) is 4.79 Å². The van der Waals surface area contributed by atoms with E-state index >= 15 is 0 Å². The fourth-order valence-electron chi connectivity index (χ4n) is 1.98. The maximum atomic E-state index is 11.6. The van der Waals surface area contributed by atoms with Crippen LogP contribution < -0.4 is 5.48 Å². The predicted molar refractivity (Wildman–Crippen MR) is 71.9 cm³/mol. The molecule has 108 valence electrons. The van der Waals surface area contributed by atoms with Crippen LogP contribution >= 0.6 is 0 Å². The minimum Gasteiger partial charge on any atom is -0.481 e. The first-order chi connectivity index (χ1) is 10.1. The van der Waals surface area contributed by atoms with Crippen molar-refractivity contribution in [3.8, 4) is 0 Å². The normalized spacial score (nSPS) is 11.6. The number of nitrogens with one attached hydrogen (secondary N) is 1. The van der Waals surface area contributed by atoms with E-state index in [-0.39, 0.29) is 12.8 Å². The molecule has 0 saturated heterocycles. The maximum Gasteiger partial charge on any atom is 0.346 e. The van der Waals surface area contributed by atoms with Crippen molar-refractivity contribution < 1.29 is 24.3 Å². The zero-order valence-corrected chi connectivity index (χ0v) is 10.9. The molecule has 2 aromatic rings. The monoisotopic (exact) mass is 288 g/mol. The Bertz CT molecular complexity index is 681. The van der Waals surface area contributed by atoms with Crippen molar-refractivity contribution in [3.63, 3.8) is 0 Å². The highest BCUT2D eigenvalue weighted by Gasteiger charge is 2.29. The number of nitrogens with zero attached hydrogens (tertiary/aromatic N) is 1. The van der Waals surface area contributed by atoms with Gasteiger partial charge in [0.2, 0.25) is 6.41 Å². The first kappa shape index (κ1) is 14.4. The van der Waals surface area contributed by atoms with Gasteiger partial charge in [-0.3, -0.25) is 14.6 Å². The quantitative estimate of drug-likeness (QED) is 0.460. The van der Waals surface area contributed by atoms with Crippen LogP contribution in [-0.2, 0) is 25.6 Å². The number of carbonyl (C=O) groups excluding carboxylic acids is 2. The summed E-state index contributed by atoms with van der Waals surface area (Å²) in [4.78, 5) is 41.5. The SMILES string of the molecule is O=CNOC(=O)C(Cc1cccc2cccnc12)C(=O)O. The van der Waals surface area contributed by atoms with Gasteiger partial charge in [0.15, 0.2) is 5.92 Å². The van der Waals surface area contributed by atoms with Gasteiger partial charge in [0, 0.05) is 11.6 Å². The van der Waals surface area contributed by atoms with Crippen molar-refractivity contribution in [1.29, 1.82) is 0 Å². The van der Waals surface area contributed by atoms with Crippen molar-refractivity contribution in [3.05, 3.63) is 42.1 Å². The molecule has 0 saturated carbocycles. The van der Waals surface area contributed by atoms with Crippen LogP contribution in [0.1, 0.15) is 5.56 Å². The third-order valence-corrected chi connectivity index (χ3v) is 2.93. The minimum atomic E-state index is -1.43. The van der Waals surface area contributed by atoms with Gasteiger partial charge in [0.1, 0.15) is 0 Å². The second-order valence-electron chi connectivity index (χ2n) is 4.24. The van der Waals surface area contributed by atoms with E-state index in [2.05, 4.69) is 9.82 Å². The highest BCUT2D eigenvalue weighted by molar-refractivity contribution is 5.95. The lowest BCUT2D eigenvalue weighted by Crippen LogP contribution is -2.31. The van der Waals surface area contributed by atoms with Gasteiger partial charge in [-0.05, 0) is 18.1 Å². The summed E-state index contributed by atoms with van der Waals surface area (Å²) >= 11 is 0. The summed E-state index contributed by atoms with van der Waals surface area (Å²) in [6.07, 6.45) is 1.66. The number of pyridine rings is 1. The summed E-state index contributed by atoms with van der Waals surface area (Å²) in [7, 11) is 0. The number of carboxylic acids is 1. The number of carbonyl (C=O) groups is 3. The van der Waals surface area contributed by atoms with Gasteiger partial charge in [-0.2, -0.15) is 5.48 Å². The third kappa shape index (κ3) is 3.33. The van der Waals surface area contributed by atoms with Crippen molar-refractivity contribution in [2.75, 3.05) is 0 Å². The van der Waals surface area contributed by atoms with Crippen LogP contribution in [0.3, 0.4) is 0 Å². The van der Waals surface area contributed by atoms with Gasteiger partial charge in [0.05, 0.1) is 5.52 Å². The second kappa shape index (κ2) is 6.47. The molecular weight excluding hydrogens is 276 g/mol. The Morgan fingerprint density at radius 2 is 2.10 bits per heavy atom. The van der Waals surface area contributed by atoms with Crippen molar-refractivity contribution in [1.82, 2.24) is 10.5 Å². The Hall–Kier alpha value is -2.96. The molecule has 0 aliphatic heterocycles. The molecule has 1 aromatic carbocycles. The Kier molecular flexibility index (Phi) is 4.45. The van der Waals surface area contributed by atoms with Crippen LogP contribution in [0.5, 0.6) is 0 Å². The molecule has 7 heteroatoms. The summed E-state index contributed by atoms with van der Waals surface area (Å²) < 4.78 is 0. The molecule has 0 fully saturated rings. The van der Waals surface area contributed by atoms with E-state index in [0.29, 0.717) is 11.1 Å². The van der Waals surface area contributed by atoms with Gasteiger partial charge in [-0.1, -0.05) is 24.3 Å². The molecule has 2 rings (SSSR count). The second-order valence-corrected chi connectivity index (χ2v) is 4.24. The highest BCUT2D eigenvalue weighted by Crippen LogP contribution is 2.20. The Labute approximate surface area is 119 Å². The number of benzene rings is 1. The number of para-hydroxylation sites is 1. The number of aromatic nitrogens is 1. The van der Waals surface area contributed by atoms with E-state index in [1.807, 2.05) is 12.1 Å². The van der Waals surface area contributed by atoms with Crippen LogP contribution in [0, 0.1) is 5.92 Å². The summed E-state index contributed by atoms with van der Waals surface area (Å²) in [6.45, 7) is 0. The third-order valence-electron chi connectivity index (χ3n) is 2.93. The van der Waals surface area contributed by atoms with E-state index in [4.69, 9.17) is 5.11 Å². The molecule has 1 aromatic heterocycles. The summed E-state index contributed by atoms with van der Waals surface area (Å²) in [5.41, 5.74) is 2.94. The molecular formula is C14H12N2O5. The number of aliphatic carboxylic acids is 1. The number of fused-ring (bicyclic) bond motifs is 1. The van der Waals surface area contributed by atoms with Crippen LogP contribution in [0.2, 0.25) is 0 Å². The van der Waals surface area contributed by atoms with Crippen LogP contribution in [-0.4, -0.2) is 28.4 Å². The van der Waals surface area contributed by atoms with E-state index in [0.717, 1.165) is 5.39 Å². The van der Waals surface area contributed by atoms with Gasteiger partial charge in [-0.15, -0.1) is 0 Å². The number of rotatable bonds is 6. The molecule has 0 radical (unpaired) electrons. The molecule has 7 nitrogen and oxygen atoms in total. The lowest BCUT2D eigenvalue weighted by molar-refractivity contribution is -0.165. The van der Waals surface area contributed by atoms with Crippen molar-refractivity contribution in [2.24, 2.45) is 5.92 Å². The first-order valence-corrected chi connectivity index (χ1v) is 6.08. The van der Waals surface area contributed by atoms with Crippen molar-refractivity contribution in [2.45, 2.75) is 6.42 Å². The molecule has 2 N–H and O–H groups in total. The highest BCUT2D eigenvalue weighted by atomic mass is 16.7. The van der Waals surface area contributed by atoms with Gasteiger partial charge >= 0.3 is 11.9 Å². The molecule has 0 aliphatic carbocycles. The maximum absolute atomic E-state index is 11.6. The average Bonchev–Trinajstić information content (AvgIpc) is 2.50. The van der Waals surface area contributed by atoms with Crippen LogP contribution in [0.25, 0.3) is 10.9 Å². The van der Waals surface area contributed by atoms with E-state index in [9.17, 15) is 14.4 Å². The van der Waals surface area contributed by atoms with E-state index < -0.39 is 17.9 Å². The number of hydroxylamine groups is 1. The minimum absolute atomic E-state index is 0.0803. The molecule has 0 bridgehead atoms. The molecule has 0 spiro atoms. The largest absolute Gasteiger partial charge is 0.481 e. The summed E-state index contributed by atoms with van der Waals surface area (Å²) in [6, 6.07) is 8.91. The molecule has 1 unspecified atom stereocenters. The van der Waals surface area contributed by atoms with E-state index in [1.54, 1.807) is 29.9 Å². The average molecular weight is 288 g/mol. The van der Waals surface area contributed by atoms with Gasteiger partial charge in [0.25, 0.3) is 0 Å². The number of carboxylic acid groups (broad SMARTS) is 1. The molecule has 1 amide bonds. The number of hydrogen-bond donors (Lipinski definition) is 2. The lowest BCUT2D eigenvalue weighted by Gasteiger charge is -2.12. The fourth-order valence-corrected chi connectivity index (χ4v) is 1.98. The summed E-state index contributed by atoms with van der Waals surface area (Å²) in [5.74, 6) is -3.80. The molecule has 1 atom stereocenters.